The second kappa shape index (κ2) is 4.84. The number of fused-ring (bicyclic) bond motifs is 1. The van der Waals surface area contributed by atoms with Crippen LogP contribution < -0.4 is 5.73 Å². The van der Waals surface area contributed by atoms with Gasteiger partial charge in [0.2, 0.25) is 0 Å². The first-order chi connectivity index (χ1) is 8.88. The highest BCUT2D eigenvalue weighted by Gasteiger charge is 2.07. The molecule has 0 aliphatic carbocycles. The summed E-state index contributed by atoms with van der Waals surface area (Å²) < 4.78 is 0. The molecule has 4 heteroatoms. The first-order valence-electron chi connectivity index (χ1n) is 5.76. The normalized spacial score (nSPS) is 10.9. The van der Waals surface area contributed by atoms with E-state index in [4.69, 9.17) is 5.73 Å². The van der Waals surface area contributed by atoms with Crippen molar-refractivity contribution in [2.45, 2.75) is 16.6 Å². The van der Waals surface area contributed by atoms with Gasteiger partial charge in [0.15, 0.2) is 5.16 Å². The number of nitrogens with zero attached hydrogens (tertiary/aromatic N) is 1. The summed E-state index contributed by atoms with van der Waals surface area (Å²) in [4.78, 5) is 8.54. The number of hydrogen-bond acceptors (Lipinski definition) is 3. The quantitative estimate of drug-likeness (QED) is 0.755. The Balaban J connectivity index is 2.13. The minimum Gasteiger partial charge on any atom is -0.339 e. The van der Waals surface area contributed by atoms with Gasteiger partial charge in [-0.05, 0) is 22.4 Å². The maximum absolute atomic E-state index is 5.78. The van der Waals surface area contributed by atoms with Crippen molar-refractivity contribution >= 4 is 22.5 Å². The molecule has 0 bridgehead atoms. The molecule has 3 nitrogen and oxygen atoms in total. The van der Waals surface area contributed by atoms with Crippen molar-refractivity contribution in [3.8, 4) is 0 Å². The van der Waals surface area contributed by atoms with Crippen LogP contribution in [0.1, 0.15) is 5.56 Å². The first kappa shape index (κ1) is 11.3. The van der Waals surface area contributed by atoms with E-state index in [1.165, 1.54) is 21.2 Å². The van der Waals surface area contributed by atoms with Crippen LogP contribution in [0.5, 0.6) is 0 Å². The van der Waals surface area contributed by atoms with E-state index < -0.39 is 0 Å². The molecule has 3 aromatic rings. The van der Waals surface area contributed by atoms with Gasteiger partial charge >= 0.3 is 0 Å². The van der Waals surface area contributed by atoms with Gasteiger partial charge in [0.05, 0.1) is 0 Å². The van der Waals surface area contributed by atoms with Crippen LogP contribution in [0.15, 0.2) is 58.8 Å². The van der Waals surface area contributed by atoms with Crippen LogP contribution in [0.25, 0.3) is 10.8 Å². The molecular weight excluding hydrogens is 242 g/mol. The Labute approximate surface area is 109 Å². The van der Waals surface area contributed by atoms with Crippen molar-refractivity contribution in [1.82, 2.24) is 9.97 Å². The Morgan fingerprint density at radius 3 is 2.67 bits per heavy atom. The molecule has 0 fully saturated rings. The largest absolute Gasteiger partial charge is 0.339 e. The highest BCUT2D eigenvalue weighted by molar-refractivity contribution is 7.99. The number of nitrogens with one attached hydrogen (secondary N) is 1. The van der Waals surface area contributed by atoms with Crippen molar-refractivity contribution in [3.05, 3.63) is 54.4 Å². The lowest BCUT2D eigenvalue weighted by Crippen LogP contribution is -1.97. The van der Waals surface area contributed by atoms with Crippen molar-refractivity contribution in [1.29, 1.82) is 0 Å². The molecule has 1 heterocycles. The summed E-state index contributed by atoms with van der Waals surface area (Å²) in [6.45, 7) is 0.562. The minimum atomic E-state index is 0.562. The molecule has 0 saturated carbocycles. The summed E-state index contributed by atoms with van der Waals surface area (Å²) in [5.74, 6) is 0. The average molecular weight is 255 g/mol. The number of rotatable bonds is 3. The van der Waals surface area contributed by atoms with Gasteiger partial charge in [-0.25, -0.2) is 4.98 Å². The summed E-state index contributed by atoms with van der Waals surface area (Å²) in [7, 11) is 0. The predicted octanol–water partition coefficient (Wildman–Crippen LogP) is 3.17. The summed E-state index contributed by atoms with van der Waals surface area (Å²) in [5, 5.41) is 3.35. The molecule has 18 heavy (non-hydrogen) atoms. The summed E-state index contributed by atoms with van der Waals surface area (Å²) >= 11 is 1.64. The second-order valence-corrected chi connectivity index (χ2v) is 5.00. The lowest BCUT2D eigenvalue weighted by Gasteiger charge is -2.08. The van der Waals surface area contributed by atoms with E-state index in [1.54, 1.807) is 18.0 Å². The van der Waals surface area contributed by atoms with Gasteiger partial charge in [0.1, 0.15) is 0 Å². The topological polar surface area (TPSA) is 54.7 Å². The highest BCUT2D eigenvalue weighted by atomic mass is 32.2. The van der Waals surface area contributed by atoms with Gasteiger partial charge in [0, 0.05) is 23.8 Å². The molecule has 90 valence electrons. The number of aromatic amines is 1. The van der Waals surface area contributed by atoms with E-state index >= 15 is 0 Å². The SMILES string of the molecule is NCc1ccc(Sc2ncc[nH]2)c2ccccc12. The lowest BCUT2D eigenvalue weighted by atomic mass is 10.0. The van der Waals surface area contributed by atoms with Gasteiger partial charge < -0.3 is 10.7 Å². The van der Waals surface area contributed by atoms with Crippen LogP contribution in [0, 0.1) is 0 Å². The number of benzene rings is 2. The smallest absolute Gasteiger partial charge is 0.170 e. The fraction of sp³-hybridized carbons (Fsp3) is 0.0714. The van der Waals surface area contributed by atoms with Crippen molar-refractivity contribution in [2.75, 3.05) is 0 Å². The third-order valence-electron chi connectivity index (χ3n) is 2.87. The Bertz CT molecular complexity index is 662. The molecule has 3 N–H and O–H groups in total. The Morgan fingerprint density at radius 1 is 1.11 bits per heavy atom. The van der Waals surface area contributed by atoms with Gasteiger partial charge in [-0.1, -0.05) is 42.1 Å². The molecule has 2 aromatic carbocycles. The Kier molecular flexibility index (Phi) is 3.04. The van der Waals surface area contributed by atoms with E-state index in [1.807, 2.05) is 12.3 Å². The molecule has 3 rings (SSSR count). The Morgan fingerprint density at radius 2 is 1.94 bits per heavy atom. The van der Waals surface area contributed by atoms with Crippen molar-refractivity contribution < 1.29 is 0 Å². The van der Waals surface area contributed by atoms with E-state index in [0.717, 1.165) is 5.16 Å². The zero-order chi connectivity index (χ0) is 12.4. The van der Waals surface area contributed by atoms with Crippen molar-refractivity contribution in [3.63, 3.8) is 0 Å². The third-order valence-corrected chi connectivity index (χ3v) is 3.87. The number of aromatic nitrogens is 2. The average Bonchev–Trinajstić information content (AvgIpc) is 2.92. The molecular formula is C14H13N3S. The van der Waals surface area contributed by atoms with Crippen LogP contribution in [-0.4, -0.2) is 9.97 Å². The number of nitrogens with two attached hydrogens (primary N) is 1. The fourth-order valence-corrected chi connectivity index (χ4v) is 2.88. The number of imidazole rings is 1. The summed E-state index contributed by atoms with van der Waals surface area (Å²) in [6, 6.07) is 12.5. The molecule has 0 radical (unpaired) electrons. The molecule has 0 aliphatic heterocycles. The van der Waals surface area contributed by atoms with E-state index in [9.17, 15) is 0 Å². The van der Waals surface area contributed by atoms with E-state index in [2.05, 4.69) is 40.3 Å². The molecule has 1 aromatic heterocycles. The maximum atomic E-state index is 5.78. The third kappa shape index (κ3) is 2.00. The predicted molar refractivity (Wildman–Crippen MR) is 74.6 cm³/mol. The van der Waals surface area contributed by atoms with E-state index in [0.29, 0.717) is 6.54 Å². The zero-order valence-electron chi connectivity index (χ0n) is 9.76. The highest BCUT2D eigenvalue weighted by Crippen LogP contribution is 2.33. The molecule has 0 unspecified atom stereocenters. The number of H-pyrrole nitrogens is 1. The first-order valence-corrected chi connectivity index (χ1v) is 6.58. The summed E-state index contributed by atoms with van der Waals surface area (Å²) in [5.41, 5.74) is 6.95. The molecule has 0 saturated heterocycles. The van der Waals surface area contributed by atoms with Crippen LogP contribution in [0.2, 0.25) is 0 Å². The van der Waals surface area contributed by atoms with Gasteiger partial charge in [-0.3, -0.25) is 0 Å². The molecule has 0 aliphatic rings. The lowest BCUT2D eigenvalue weighted by molar-refractivity contribution is 1.06. The minimum absolute atomic E-state index is 0.562. The van der Waals surface area contributed by atoms with Crippen LogP contribution in [0.3, 0.4) is 0 Å². The van der Waals surface area contributed by atoms with Gasteiger partial charge in [0.25, 0.3) is 0 Å². The van der Waals surface area contributed by atoms with Gasteiger partial charge in [-0.2, -0.15) is 0 Å². The second-order valence-electron chi connectivity index (χ2n) is 3.97. The van der Waals surface area contributed by atoms with Gasteiger partial charge in [-0.15, -0.1) is 0 Å². The monoisotopic (exact) mass is 255 g/mol. The standard InChI is InChI=1S/C14H13N3S/c15-9-10-5-6-13(18-14-16-7-8-17-14)12-4-2-1-3-11(10)12/h1-8H,9,15H2,(H,16,17). The van der Waals surface area contributed by atoms with E-state index in [-0.39, 0.29) is 0 Å². The molecule has 0 amide bonds. The summed E-state index contributed by atoms with van der Waals surface area (Å²) in [6.07, 6.45) is 3.59. The zero-order valence-corrected chi connectivity index (χ0v) is 10.6. The van der Waals surface area contributed by atoms with Crippen molar-refractivity contribution in [2.24, 2.45) is 5.73 Å². The molecule has 0 spiro atoms. The maximum Gasteiger partial charge on any atom is 0.170 e. The molecule has 0 atom stereocenters. The fourth-order valence-electron chi connectivity index (χ4n) is 2.01. The Hall–Kier alpha value is -1.78. The van der Waals surface area contributed by atoms with Crippen LogP contribution in [-0.2, 0) is 6.54 Å². The van der Waals surface area contributed by atoms with Crippen LogP contribution >= 0.6 is 11.8 Å². The van der Waals surface area contributed by atoms with Crippen LogP contribution in [0.4, 0.5) is 0 Å². The number of hydrogen-bond donors (Lipinski definition) is 2.